The minimum Gasteiger partial charge on any atom is -0.284 e. The average molecular weight is 220 g/mol. The van der Waals surface area contributed by atoms with Gasteiger partial charge in [-0.3, -0.25) is 4.79 Å². The minimum atomic E-state index is -4.84. The predicted molar refractivity (Wildman–Crippen MR) is 48.8 cm³/mol. The Hall–Kier alpha value is -0.970. The van der Waals surface area contributed by atoms with Gasteiger partial charge in [-0.1, -0.05) is 6.07 Å². The number of halogens is 3. The van der Waals surface area contributed by atoms with Crippen LogP contribution in [0, 0.1) is 6.92 Å². The summed E-state index contributed by atoms with van der Waals surface area (Å²) >= 11 is 3.82. The van der Waals surface area contributed by atoms with E-state index in [9.17, 15) is 18.0 Å². The zero-order valence-corrected chi connectivity index (χ0v) is 8.12. The summed E-state index contributed by atoms with van der Waals surface area (Å²) in [6, 6.07) is 3.99. The van der Waals surface area contributed by atoms with Gasteiger partial charge in [0.2, 0.25) is 0 Å². The van der Waals surface area contributed by atoms with Crippen molar-refractivity contribution in [1.82, 2.24) is 0 Å². The van der Waals surface area contributed by atoms with E-state index in [0.29, 0.717) is 0 Å². The molecule has 1 rings (SSSR count). The number of carbonyl (C=O) groups excluding carboxylic acids is 1. The van der Waals surface area contributed by atoms with E-state index in [1.54, 1.807) is 6.92 Å². The lowest BCUT2D eigenvalue weighted by Crippen LogP contribution is -2.23. The molecule has 0 aliphatic rings. The van der Waals surface area contributed by atoms with Crippen molar-refractivity contribution in [3.05, 3.63) is 29.3 Å². The predicted octanol–water partition coefficient (Wildman–Crippen LogP) is 3.03. The lowest BCUT2D eigenvalue weighted by Gasteiger charge is -2.07. The largest absolute Gasteiger partial charge is 0.454 e. The second kappa shape index (κ2) is 3.65. The van der Waals surface area contributed by atoms with Crippen LogP contribution in [0.3, 0.4) is 0 Å². The summed E-state index contributed by atoms with van der Waals surface area (Å²) in [6.45, 7) is 1.71. The van der Waals surface area contributed by atoms with E-state index in [2.05, 4.69) is 12.6 Å². The monoisotopic (exact) mass is 220 g/mol. The molecule has 1 nitrogen and oxygen atoms in total. The van der Waals surface area contributed by atoms with Crippen molar-refractivity contribution in [3.8, 4) is 0 Å². The molecule has 0 aliphatic heterocycles. The maximum atomic E-state index is 12.0. The van der Waals surface area contributed by atoms with Crippen LogP contribution >= 0.6 is 12.6 Å². The first-order valence-electron chi connectivity index (χ1n) is 3.73. The summed E-state index contributed by atoms with van der Waals surface area (Å²) in [6.07, 6.45) is -4.84. The third-order valence-electron chi connectivity index (χ3n) is 1.66. The number of rotatable bonds is 1. The number of Topliss-reactive ketones (excluding diaryl/α,β-unsaturated/α-hetero) is 1. The van der Waals surface area contributed by atoms with Gasteiger partial charge < -0.3 is 0 Å². The number of thiol groups is 1. The molecule has 0 heterocycles. The molecule has 76 valence electrons. The van der Waals surface area contributed by atoms with Gasteiger partial charge in [0.15, 0.2) is 0 Å². The van der Waals surface area contributed by atoms with Gasteiger partial charge in [-0.25, -0.2) is 0 Å². The zero-order chi connectivity index (χ0) is 10.9. The molecule has 0 amide bonds. The van der Waals surface area contributed by atoms with Gasteiger partial charge in [0, 0.05) is 10.5 Å². The molecule has 0 radical (unpaired) electrons. The van der Waals surface area contributed by atoms with E-state index in [0.717, 1.165) is 11.6 Å². The number of hydrogen-bond acceptors (Lipinski definition) is 2. The molecule has 0 aliphatic carbocycles. The lowest BCUT2D eigenvalue weighted by molar-refractivity contribution is -0.0887. The Morgan fingerprint density at radius 2 is 1.93 bits per heavy atom. The van der Waals surface area contributed by atoms with Gasteiger partial charge in [0.25, 0.3) is 5.78 Å². The Labute approximate surface area is 84.3 Å². The fraction of sp³-hybridized carbons (Fsp3) is 0.222. The van der Waals surface area contributed by atoms with Gasteiger partial charge >= 0.3 is 6.18 Å². The van der Waals surface area contributed by atoms with Gasteiger partial charge in [-0.05, 0) is 24.6 Å². The summed E-state index contributed by atoms with van der Waals surface area (Å²) in [5.74, 6) is -1.86. The van der Waals surface area contributed by atoms with E-state index < -0.39 is 17.5 Å². The van der Waals surface area contributed by atoms with Crippen molar-refractivity contribution in [3.63, 3.8) is 0 Å². The molecule has 14 heavy (non-hydrogen) atoms. The Morgan fingerprint density at radius 1 is 1.36 bits per heavy atom. The summed E-state index contributed by atoms with van der Waals surface area (Å²) in [5.41, 5.74) is 0.347. The van der Waals surface area contributed by atoms with E-state index in [1.807, 2.05) is 0 Å². The normalized spacial score (nSPS) is 11.5. The quantitative estimate of drug-likeness (QED) is 0.568. The molecule has 0 spiro atoms. The molecule has 1 aromatic carbocycles. The highest BCUT2D eigenvalue weighted by molar-refractivity contribution is 7.80. The molecular formula is C9H7F3OS. The Balaban J connectivity index is 3.15. The number of carbonyl (C=O) groups is 1. The Morgan fingerprint density at radius 3 is 2.36 bits per heavy atom. The average Bonchev–Trinajstić information content (AvgIpc) is 2.01. The van der Waals surface area contributed by atoms with Crippen molar-refractivity contribution in [2.45, 2.75) is 18.0 Å². The smallest absolute Gasteiger partial charge is 0.284 e. The topological polar surface area (TPSA) is 17.1 Å². The summed E-state index contributed by atoms with van der Waals surface area (Å²) < 4.78 is 36.1. The highest BCUT2D eigenvalue weighted by Gasteiger charge is 2.39. The summed E-state index contributed by atoms with van der Waals surface area (Å²) in [5, 5.41) is 0. The highest BCUT2D eigenvalue weighted by Crippen LogP contribution is 2.25. The van der Waals surface area contributed by atoms with Gasteiger partial charge in [0.1, 0.15) is 0 Å². The summed E-state index contributed by atoms with van der Waals surface area (Å²) in [4.78, 5) is 10.9. The number of benzene rings is 1. The molecule has 0 saturated carbocycles. The Kier molecular flexibility index (Phi) is 2.89. The van der Waals surface area contributed by atoms with E-state index in [1.165, 1.54) is 12.1 Å². The molecule has 0 fully saturated rings. The fourth-order valence-corrected chi connectivity index (χ4v) is 1.37. The van der Waals surface area contributed by atoms with Gasteiger partial charge in [0.05, 0.1) is 0 Å². The molecule has 5 heteroatoms. The first kappa shape index (κ1) is 11.1. The minimum absolute atomic E-state index is 0.0484. The van der Waals surface area contributed by atoms with Crippen molar-refractivity contribution in [2.75, 3.05) is 0 Å². The molecule has 0 N–H and O–H groups in total. The molecule has 0 saturated heterocycles. The van der Waals surface area contributed by atoms with Crippen LogP contribution in [0.5, 0.6) is 0 Å². The van der Waals surface area contributed by atoms with Crippen LogP contribution in [-0.4, -0.2) is 12.0 Å². The number of ketones is 1. The van der Waals surface area contributed by atoms with E-state index in [4.69, 9.17) is 0 Å². The van der Waals surface area contributed by atoms with Crippen molar-refractivity contribution < 1.29 is 18.0 Å². The maximum absolute atomic E-state index is 12.0. The van der Waals surface area contributed by atoms with Crippen LogP contribution in [0.15, 0.2) is 23.1 Å². The lowest BCUT2D eigenvalue weighted by atomic mass is 10.1. The third-order valence-corrected chi connectivity index (χ3v) is 2.03. The molecule has 0 aromatic heterocycles. The summed E-state index contributed by atoms with van der Waals surface area (Å²) in [7, 11) is 0. The van der Waals surface area contributed by atoms with Crippen LogP contribution in [0.1, 0.15) is 15.9 Å². The van der Waals surface area contributed by atoms with Crippen LogP contribution in [0.4, 0.5) is 13.2 Å². The first-order valence-corrected chi connectivity index (χ1v) is 4.18. The molecule has 1 aromatic rings. The fourth-order valence-electron chi connectivity index (χ4n) is 0.986. The molecule has 0 unspecified atom stereocenters. The van der Waals surface area contributed by atoms with Gasteiger partial charge in [-0.2, -0.15) is 13.2 Å². The number of alkyl halides is 3. The SMILES string of the molecule is Cc1ccc(C(=O)C(F)(F)F)c(S)c1. The van der Waals surface area contributed by atoms with Crippen molar-refractivity contribution >= 4 is 18.4 Å². The van der Waals surface area contributed by atoms with Crippen LogP contribution < -0.4 is 0 Å². The van der Waals surface area contributed by atoms with E-state index in [-0.39, 0.29) is 4.90 Å². The first-order chi connectivity index (χ1) is 6.32. The third kappa shape index (κ3) is 2.29. The second-order valence-corrected chi connectivity index (χ2v) is 3.33. The molecule has 0 atom stereocenters. The zero-order valence-electron chi connectivity index (χ0n) is 7.22. The van der Waals surface area contributed by atoms with Crippen molar-refractivity contribution in [1.29, 1.82) is 0 Å². The van der Waals surface area contributed by atoms with Crippen LogP contribution in [0.25, 0.3) is 0 Å². The second-order valence-electron chi connectivity index (χ2n) is 2.85. The van der Waals surface area contributed by atoms with Crippen LogP contribution in [0.2, 0.25) is 0 Å². The number of aryl methyl sites for hydroxylation is 1. The van der Waals surface area contributed by atoms with E-state index >= 15 is 0 Å². The van der Waals surface area contributed by atoms with Crippen LogP contribution in [-0.2, 0) is 0 Å². The Bertz CT molecular complexity index is 371. The number of hydrogen-bond donors (Lipinski definition) is 1. The molecular weight excluding hydrogens is 213 g/mol. The molecule has 0 bridgehead atoms. The highest BCUT2D eigenvalue weighted by atomic mass is 32.1. The van der Waals surface area contributed by atoms with Gasteiger partial charge in [-0.15, -0.1) is 12.6 Å². The van der Waals surface area contributed by atoms with Crippen molar-refractivity contribution in [2.24, 2.45) is 0 Å². The maximum Gasteiger partial charge on any atom is 0.454 e. The standard InChI is InChI=1S/C9H7F3OS/c1-5-2-3-6(7(14)4-5)8(13)9(10,11)12/h2-4,14H,1H3.